The van der Waals surface area contributed by atoms with Crippen molar-refractivity contribution >= 4 is 50.3 Å². The van der Waals surface area contributed by atoms with Gasteiger partial charge in [0.1, 0.15) is 5.82 Å². The Bertz CT molecular complexity index is 554. The quantitative estimate of drug-likeness (QED) is 0.517. The van der Waals surface area contributed by atoms with Crippen LogP contribution in [0.4, 0.5) is 0 Å². The minimum atomic E-state index is -0.0648. The summed E-state index contributed by atoms with van der Waals surface area (Å²) in [6.45, 7) is 5.15. The second kappa shape index (κ2) is 7.00. The molecule has 5 heteroatoms. The molecule has 1 atom stereocenters. The lowest BCUT2D eigenvalue weighted by Gasteiger charge is -2.10. The van der Waals surface area contributed by atoms with E-state index in [1.54, 1.807) is 0 Å². The van der Waals surface area contributed by atoms with E-state index in [1.165, 1.54) is 17.0 Å². The minimum absolute atomic E-state index is 0.0648. The first-order valence-corrected chi connectivity index (χ1v) is 8.89. The number of rotatable bonds is 6. The molecule has 0 saturated heterocycles. The molecule has 1 aromatic carbocycles. The average Bonchev–Trinajstić information content (AvgIpc) is 2.73. The summed E-state index contributed by atoms with van der Waals surface area (Å²) in [5, 5.41) is -0.0648. The molecule has 19 heavy (non-hydrogen) atoms. The van der Waals surface area contributed by atoms with Gasteiger partial charge >= 0.3 is 0 Å². The van der Waals surface area contributed by atoms with Crippen molar-refractivity contribution < 1.29 is 0 Å². The molecule has 0 aliphatic heterocycles. The molecule has 2 nitrogen and oxygen atoms in total. The number of benzene rings is 1. The van der Waals surface area contributed by atoms with Gasteiger partial charge in [-0.05, 0) is 43.0 Å². The number of nitrogens with zero attached hydrogens (tertiary/aromatic N) is 2. The van der Waals surface area contributed by atoms with Gasteiger partial charge in [0.25, 0.3) is 0 Å². The van der Waals surface area contributed by atoms with Crippen molar-refractivity contribution in [1.82, 2.24) is 9.55 Å². The molecule has 0 amide bonds. The molecule has 2 aromatic rings. The third-order valence-electron chi connectivity index (χ3n) is 2.97. The monoisotopic (exact) mass is 360 g/mol. The molecule has 1 heterocycles. The van der Waals surface area contributed by atoms with Crippen LogP contribution in [0.25, 0.3) is 11.0 Å². The van der Waals surface area contributed by atoms with Gasteiger partial charge in [-0.2, -0.15) is 11.8 Å². The molecule has 0 fully saturated rings. The third kappa shape index (κ3) is 3.67. The number of hydrogen-bond acceptors (Lipinski definition) is 2. The SMILES string of the molecule is CCSCCCn1c(C(C)Cl)nc2ccc(Br)cc21. The van der Waals surface area contributed by atoms with Crippen LogP contribution in [0.2, 0.25) is 0 Å². The smallest absolute Gasteiger partial charge is 0.127 e. The van der Waals surface area contributed by atoms with E-state index >= 15 is 0 Å². The normalized spacial score (nSPS) is 13.1. The molecule has 104 valence electrons. The van der Waals surface area contributed by atoms with Crippen molar-refractivity contribution in [3.63, 3.8) is 0 Å². The van der Waals surface area contributed by atoms with Crippen molar-refractivity contribution in [1.29, 1.82) is 0 Å². The largest absolute Gasteiger partial charge is 0.327 e. The second-order valence-corrected chi connectivity index (χ2v) is 7.39. The highest BCUT2D eigenvalue weighted by Crippen LogP contribution is 2.27. The maximum absolute atomic E-state index is 6.26. The van der Waals surface area contributed by atoms with Gasteiger partial charge in [-0.3, -0.25) is 0 Å². The molecular formula is C14H18BrClN2S. The van der Waals surface area contributed by atoms with Gasteiger partial charge in [-0.25, -0.2) is 4.98 Å². The molecule has 0 radical (unpaired) electrons. The standard InChI is InChI=1S/C14H18BrClN2S/c1-3-19-8-4-7-18-13-9-11(15)5-6-12(13)17-14(18)10(2)16/h5-6,9-10H,3-4,7-8H2,1-2H3. The molecule has 0 N–H and O–H groups in total. The number of halogens is 2. The Hall–Kier alpha value is -0.190. The predicted molar refractivity (Wildman–Crippen MR) is 89.3 cm³/mol. The number of hydrogen-bond donors (Lipinski definition) is 0. The van der Waals surface area contributed by atoms with Crippen molar-refractivity contribution in [2.45, 2.75) is 32.2 Å². The van der Waals surface area contributed by atoms with Crippen molar-refractivity contribution in [2.24, 2.45) is 0 Å². The van der Waals surface area contributed by atoms with Gasteiger partial charge in [0, 0.05) is 11.0 Å². The zero-order chi connectivity index (χ0) is 13.8. The van der Waals surface area contributed by atoms with Gasteiger partial charge in [0.2, 0.25) is 0 Å². The number of aromatic nitrogens is 2. The fraction of sp³-hybridized carbons (Fsp3) is 0.500. The van der Waals surface area contributed by atoms with Crippen molar-refractivity contribution in [2.75, 3.05) is 11.5 Å². The molecule has 0 aliphatic carbocycles. The Labute approximate surface area is 132 Å². The molecule has 1 aromatic heterocycles. The Morgan fingerprint density at radius 1 is 1.47 bits per heavy atom. The second-order valence-electron chi connectivity index (χ2n) is 4.42. The van der Waals surface area contributed by atoms with Crippen LogP contribution in [0.1, 0.15) is 31.5 Å². The predicted octanol–water partition coefficient (Wildman–Crippen LogP) is 5.24. The van der Waals surface area contributed by atoms with Gasteiger partial charge < -0.3 is 4.57 Å². The fourth-order valence-corrected chi connectivity index (χ4v) is 3.26. The van der Waals surface area contributed by atoms with Crippen LogP contribution in [-0.4, -0.2) is 21.1 Å². The molecule has 2 rings (SSSR count). The van der Waals surface area contributed by atoms with E-state index in [2.05, 4.69) is 38.5 Å². The van der Waals surface area contributed by atoms with Crippen LogP contribution in [0.5, 0.6) is 0 Å². The first kappa shape index (κ1) is 15.2. The van der Waals surface area contributed by atoms with Crippen LogP contribution < -0.4 is 0 Å². The zero-order valence-electron chi connectivity index (χ0n) is 11.2. The van der Waals surface area contributed by atoms with E-state index in [1.807, 2.05) is 30.8 Å². The highest BCUT2D eigenvalue weighted by Gasteiger charge is 2.14. The lowest BCUT2D eigenvalue weighted by atomic mass is 10.3. The maximum atomic E-state index is 6.26. The summed E-state index contributed by atoms with van der Waals surface area (Å²) in [6.07, 6.45) is 1.15. The van der Waals surface area contributed by atoms with E-state index in [4.69, 9.17) is 11.6 Å². The molecular weight excluding hydrogens is 344 g/mol. The number of aryl methyl sites for hydroxylation is 1. The molecule has 0 aliphatic rings. The topological polar surface area (TPSA) is 17.8 Å². The van der Waals surface area contributed by atoms with E-state index in [-0.39, 0.29) is 5.38 Å². The van der Waals surface area contributed by atoms with Crippen molar-refractivity contribution in [3.05, 3.63) is 28.5 Å². The number of thioether (sulfide) groups is 1. The summed E-state index contributed by atoms with van der Waals surface area (Å²) in [6, 6.07) is 6.19. The van der Waals surface area contributed by atoms with Gasteiger partial charge in [0.05, 0.1) is 16.4 Å². The highest BCUT2D eigenvalue weighted by atomic mass is 79.9. The van der Waals surface area contributed by atoms with Crippen molar-refractivity contribution in [3.8, 4) is 0 Å². The van der Waals surface area contributed by atoms with Crippen LogP contribution >= 0.6 is 39.3 Å². The summed E-state index contributed by atoms with van der Waals surface area (Å²) in [4.78, 5) is 4.66. The Morgan fingerprint density at radius 2 is 2.26 bits per heavy atom. The lowest BCUT2D eigenvalue weighted by Crippen LogP contribution is -2.05. The van der Waals surface area contributed by atoms with Gasteiger partial charge in [-0.15, -0.1) is 11.6 Å². The Kier molecular flexibility index (Phi) is 5.60. The third-order valence-corrected chi connectivity index (χ3v) is 4.64. The van der Waals surface area contributed by atoms with Crippen LogP contribution in [-0.2, 0) is 6.54 Å². The molecule has 0 spiro atoms. The van der Waals surface area contributed by atoms with Crippen LogP contribution in [0, 0.1) is 0 Å². The van der Waals surface area contributed by atoms with Gasteiger partial charge in [0.15, 0.2) is 0 Å². The summed E-state index contributed by atoms with van der Waals surface area (Å²) >= 11 is 11.8. The summed E-state index contributed by atoms with van der Waals surface area (Å²) in [7, 11) is 0. The Balaban J connectivity index is 2.31. The van der Waals surface area contributed by atoms with Crippen LogP contribution in [0.15, 0.2) is 22.7 Å². The van der Waals surface area contributed by atoms with E-state index in [0.29, 0.717) is 0 Å². The average molecular weight is 362 g/mol. The molecule has 1 unspecified atom stereocenters. The number of alkyl halides is 1. The lowest BCUT2D eigenvalue weighted by molar-refractivity contribution is 0.658. The molecule has 0 bridgehead atoms. The van der Waals surface area contributed by atoms with E-state index < -0.39 is 0 Å². The molecule has 0 saturated carbocycles. The van der Waals surface area contributed by atoms with Crippen LogP contribution in [0.3, 0.4) is 0 Å². The van der Waals surface area contributed by atoms with Gasteiger partial charge in [-0.1, -0.05) is 22.9 Å². The zero-order valence-corrected chi connectivity index (χ0v) is 14.4. The summed E-state index contributed by atoms with van der Waals surface area (Å²) in [5.41, 5.74) is 2.19. The number of imidazole rings is 1. The minimum Gasteiger partial charge on any atom is -0.327 e. The van der Waals surface area contributed by atoms with E-state index in [0.717, 1.165) is 28.8 Å². The maximum Gasteiger partial charge on any atom is 0.127 e. The fourth-order valence-electron chi connectivity index (χ4n) is 2.12. The number of fused-ring (bicyclic) bond motifs is 1. The highest BCUT2D eigenvalue weighted by molar-refractivity contribution is 9.10. The Morgan fingerprint density at radius 3 is 2.95 bits per heavy atom. The summed E-state index contributed by atoms with van der Waals surface area (Å²) < 4.78 is 3.34. The van der Waals surface area contributed by atoms with E-state index in [9.17, 15) is 0 Å². The first-order chi connectivity index (χ1) is 9.13. The summed E-state index contributed by atoms with van der Waals surface area (Å²) in [5.74, 6) is 3.33. The first-order valence-electron chi connectivity index (χ1n) is 6.51.